The van der Waals surface area contributed by atoms with Crippen molar-refractivity contribution in [1.29, 1.82) is 0 Å². The predicted octanol–water partition coefficient (Wildman–Crippen LogP) is 2.74. The second-order valence-electron chi connectivity index (χ2n) is 4.35. The fraction of sp³-hybridized carbons (Fsp3) is 0.417. The zero-order valence-corrected chi connectivity index (χ0v) is 11.2. The average Bonchev–Trinajstić information content (AvgIpc) is 2.60. The Bertz CT molecular complexity index is 488. The predicted molar refractivity (Wildman–Crippen MR) is 70.0 cm³/mol. The van der Waals surface area contributed by atoms with E-state index in [-0.39, 0.29) is 5.83 Å². The van der Waals surface area contributed by atoms with Gasteiger partial charge in [0.2, 0.25) is 0 Å². The molecule has 0 fully saturated rings. The summed E-state index contributed by atoms with van der Waals surface area (Å²) < 4.78 is 13.8. The van der Waals surface area contributed by atoms with Gasteiger partial charge in [0.05, 0.1) is 6.20 Å². The molecule has 3 nitrogen and oxygen atoms in total. The topological polar surface area (TPSA) is 27.6 Å². The molecular formula is C12H16FN3S. The Hall–Kier alpha value is -1.36. The van der Waals surface area contributed by atoms with Crippen LogP contribution in [0.25, 0.3) is 0 Å². The maximum Gasteiger partial charge on any atom is 0.198 e. The summed E-state index contributed by atoms with van der Waals surface area (Å²) in [5.74, 6) is 0.447. The third-order valence-corrected chi connectivity index (χ3v) is 4.14. The van der Waals surface area contributed by atoms with Crippen LogP contribution >= 0.6 is 11.3 Å². The molecule has 2 rings (SSSR count). The van der Waals surface area contributed by atoms with Gasteiger partial charge in [0.1, 0.15) is 11.9 Å². The van der Waals surface area contributed by atoms with Gasteiger partial charge in [0, 0.05) is 19.0 Å². The Morgan fingerprint density at radius 1 is 1.41 bits per heavy atom. The highest BCUT2D eigenvalue weighted by Crippen LogP contribution is 2.33. The third kappa shape index (κ3) is 2.20. The van der Waals surface area contributed by atoms with Crippen LogP contribution in [0.15, 0.2) is 22.4 Å². The van der Waals surface area contributed by atoms with Crippen molar-refractivity contribution in [3.8, 4) is 0 Å². The summed E-state index contributed by atoms with van der Waals surface area (Å²) in [7, 11) is 3.76. The Kier molecular flexibility index (Phi) is 3.19. The number of hydrogen-bond acceptors (Lipinski definition) is 4. The molecule has 0 radical (unpaired) electrons. The highest BCUT2D eigenvalue weighted by atomic mass is 32.1. The molecule has 2 heterocycles. The van der Waals surface area contributed by atoms with E-state index < -0.39 is 6.04 Å². The van der Waals surface area contributed by atoms with Gasteiger partial charge in [-0.15, -0.1) is 11.3 Å². The van der Waals surface area contributed by atoms with Gasteiger partial charge >= 0.3 is 0 Å². The van der Waals surface area contributed by atoms with Gasteiger partial charge in [-0.2, -0.15) is 0 Å². The molecule has 0 aromatic carbocycles. The molecule has 1 aromatic heterocycles. The van der Waals surface area contributed by atoms with Crippen molar-refractivity contribution in [2.45, 2.75) is 19.9 Å². The van der Waals surface area contributed by atoms with Crippen LogP contribution < -0.4 is 5.32 Å². The summed E-state index contributed by atoms with van der Waals surface area (Å²) in [5.41, 5.74) is 2.35. The second-order valence-corrected chi connectivity index (χ2v) is 5.26. The minimum Gasteiger partial charge on any atom is -0.349 e. The fourth-order valence-corrected chi connectivity index (χ4v) is 2.80. The van der Waals surface area contributed by atoms with Gasteiger partial charge in [-0.3, -0.25) is 0 Å². The van der Waals surface area contributed by atoms with Crippen LogP contribution in [0.3, 0.4) is 0 Å². The van der Waals surface area contributed by atoms with Crippen LogP contribution in [-0.2, 0) is 0 Å². The first kappa shape index (κ1) is 12.1. The molecule has 0 aliphatic carbocycles. The number of rotatable bonds is 1. The first-order valence-corrected chi connectivity index (χ1v) is 6.30. The molecule has 1 aromatic rings. The van der Waals surface area contributed by atoms with Crippen LogP contribution in [0.1, 0.15) is 22.0 Å². The lowest BCUT2D eigenvalue weighted by Gasteiger charge is -2.26. The molecule has 1 unspecified atom stereocenters. The minimum absolute atomic E-state index is 0.236. The van der Waals surface area contributed by atoms with Crippen LogP contribution in [0, 0.1) is 13.8 Å². The maximum atomic E-state index is 13.8. The lowest BCUT2D eigenvalue weighted by molar-refractivity contribution is 0.486. The number of guanidine groups is 1. The number of thiophene rings is 1. The molecular weight excluding hydrogens is 237 g/mol. The van der Waals surface area contributed by atoms with Gasteiger partial charge in [-0.1, -0.05) is 0 Å². The van der Waals surface area contributed by atoms with Crippen molar-refractivity contribution < 1.29 is 4.39 Å². The first-order chi connectivity index (χ1) is 8.00. The Balaban J connectivity index is 2.33. The number of halogens is 1. The number of nitrogens with one attached hydrogen (secondary N) is 1. The Morgan fingerprint density at radius 2 is 2.12 bits per heavy atom. The molecule has 1 N–H and O–H groups in total. The molecule has 0 spiro atoms. The van der Waals surface area contributed by atoms with Gasteiger partial charge < -0.3 is 10.2 Å². The molecule has 5 heteroatoms. The number of hydrogen-bond donors (Lipinski definition) is 1. The Labute approximate surface area is 105 Å². The molecule has 1 aliphatic rings. The molecule has 0 bridgehead atoms. The molecule has 17 heavy (non-hydrogen) atoms. The van der Waals surface area contributed by atoms with Crippen LogP contribution in [0.5, 0.6) is 0 Å². The average molecular weight is 253 g/mol. The van der Waals surface area contributed by atoms with Gasteiger partial charge in [0.25, 0.3) is 0 Å². The van der Waals surface area contributed by atoms with E-state index in [9.17, 15) is 4.39 Å². The third-order valence-electron chi connectivity index (χ3n) is 2.87. The first-order valence-electron chi connectivity index (χ1n) is 5.42. The van der Waals surface area contributed by atoms with E-state index in [2.05, 4.69) is 15.7 Å². The van der Waals surface area contributed by atoms with Gasteiger partial charge in [0.15, 0.2) is 5.96 Å². The maximum absolute atomic E-state index is 13.8. The number of aliphatic imine (C=N–C) groups is 1. The van der Waals surface area contributed by atoms with Crippen LogP contribution in [-0.4, -0.2) is 25.0 Å². The van der Waals surface area contributed by atoms with E-state index in [1.807, 2.05) is 32.8 Å². The second kappa shape index (κ2) is 4.49. The van der Waals surface area contributed by atoms with Crippen molar-refractivity contribution >= 4 is 17.3 Å². The van der Waals surface area contributed by atoms with E-state index in [0.29, 0.717) is 5.96 Å². The van der Waals surface area contributed by atoms with E-state index >= 15 is 0 Å². The molecule has 1 aliphatic heterocycles. The summed E-state index contributed by atoms with van der Waals surface area (Å²) >= 11 is 1.58. The summed E-state index contributed by atoms with van der Waals surface area (Å²) in [6.07, 6.45) is 1.30. The number of aryl methyl sites for hydroxylation is 1. The SMILES string of the molecule is Cc1csc(C2NC(N(C)C)=NC=C2F)c1C. The highest BCUT2D eigenvalue weighted by Gasteiger charge is 2.25. The lowest BCUT2D eigenvalue weighted by atomic mass is 10.1. The zero-order valence-electron chi connectivity index (χ0n) is 10.4. The molecule has 0 saturated heterocycles. The normalized spacial score (nSPS) is 19.5. The van der Waals surface area contributed by atoms with E-state index in [1.165, 1.54) is 11.8 Å². The molecule has 92 valence electrons. The van der Waals surface area contributed by atoms with E-state index in [0.717, 1.165) is 10.4 Å². The fourth-order valence-electron chi connectivity index (χ4n) is 1.68. The Morgan fingerprint density at radius 3 is 2.65 bits per heavy atom. The lowest BCUT2D eigenvalue weighted by Crippen LogP contribution is -2.40. The van der Waals surface area contributed by atoms with Gasteiger partial charge in [-0.05, 0) is 30.4 Å². The van der Waals surface area contributed by atoms with Crippen LogP contribution in [0.4, 0.5) is 4.39 Å². The van der Waals surface area contributed by atoms with Crippen molar-refractivity contribution in [3.05, 3.63) is 33.4 Å². The molecule has 1 atom stereocenters. The van der Waals surface area contributed by atoms with Crippen molar-refractivity contribution in [3.63, 3.8) is 0 Å². The van der Waals surface area contributed by atoms with Gasteiger partial charge in [-0.25, -0.2) is 9.38 Å². The summed E-state index contributed by atoms with van der Waals surface area (Å²) in [4.78, 5) is 6.88. The number of nitrogens with zero attached hydrogens (tertiary/aromatic N) is 2. The smallest absolute Gasteiger partial charge is 0.198 e. The quantitative estimate of drug-likeness (QED) is 0.833. The summed E-state index contributed by atoms with van der Waals surface area (Å²) in [6, 6.07) is -0.399. The van der Waals surface area contributed by atoms with Crippen molar-refractivity contribution in [2.24, 2.45) is 4.99 Å². The zero-order chi connectivity index (χ0) is 12.6. The van der Waals surface area contributed by atoms with Crippen molar-refractivity contribution in [2.75, 3.05) is 14.1 Å². The monoisotopic (exact) mass is 253 g/mol. The molecule has 0 amide bonds. The summed E-state index contributed by atoms with van der Waals surface area (Å²) in [6.45, 7) is 4.07. The standard InChI is InChI=1S/C12H16FN3S/c1-7-6-17-11(8(7)2)10-9(13)5-14-12(15-10)16(3)4/h5-6,10H,1-4H3,(H,14,15). The highest BCUT2D eigenvalue weighted by molar-refractivity contribution is 7.10. The van der Waals surface area contributed by atoms with E-state index in [4.69, 9.17) is 0 Å². The van der Waals surface area contributed by atoms with Crippen LogP contribution in [0.2, 0.25) is 0 Å². The van der Waals surface area contributed by atoms with E-state index in [1.54, 1.807) is 11.3 Å². The molecule has 0 saturated carbocycles. The summed E-state index contributed by atoms with van der Waals surface area (Å²) in [5, 5.41) is 5.17. The minimum atomic E-state index is -0.399. The van der Waals surface area contributed by atoms with Crippen molar-refractivity contribution in [1.82, 2.24) is 10.2 Å². The largest absolute Gasteiger partial charge is 0.349 e.